The summed E-state index contributed by atoms with van der Waals surface area (Å²) in [7, 11) is 2.02. The predicted octanol–water partition coefficient (Wildman–Crippen LogP) is 1.27. The standard InChI is InChI=1S/CH7FP2Si/c1-5(2,3)4/h3-4H2,1H3. The first-order valence-electron chi connectivity index (χ1n) is 1.27. The van der Waals surface area contributed by atoms with Crippen LogP contribution in [0.4, 0.5) is 4.11 Å². The number of rotatable bonds is 0. The molecule has 0 aliphatic rings. The van der Waals surface area contributed by atoms with E-state index < -0.39 is 7.74 Å². The maximum Gasteiger partial charge on any atom is 0.280 e. The molecule has 32 valence electrons. The molecule has 0 saturated heterocycles. The van der Waals surface area contributed by atoms with E-state index in [1.54, 1.807) is 6.55 Å². The Kier molecular flexibility index (Phi) is 1.97. The first-order chi connectivity index (χ1) is 2.00. The van der Waals surface area contributed by atoms with Gasteiger partial charge in [-0.1, -0.05) is 0 Å². The lowest BCUT2D eigenvalue weighted by Crippen LogP contribution is -1.96. The minimum atomic E-state index is -2.28. The summed E-state index contributed by atoms with van der Waals surface area (Å²) in [5, 5.41) is 0. The summed E-state index contributed by atoms with van der Waals surface area (Å²) in [6.07, 6.45) is 0. The molecule has 0 radical (unpaired) electrons. The summed E-state index contributed by atoms with van der Waals surface area (Å²) in [5.74, 6) is 0. The van der Waals surface area contributed by atoms with E-state index in [0.29, 0.717) is 0 Å². The molecule has 0 nitrogen and oxygen atoms in total. The molecule has 4 heteroatoms. The summed E-state index contributed by atoms with van der Waals surface area (Å²) in [6, 6.07) is 0. The van der Waals surface area contributed by atoms with Crippen molar-refractivity contribution in [1.82, 2.24) is 0 Å². The van der Waals surface area contributed by atoms with Crippen LogP contribution in [-0.4, -0.2) is 7.74 Å². The molecule has 0 aromatic rings. The van der Waals surface area contributed by atoms with Crippen molar-refractivity contribution in [2.75, 3.05) is 0 Å². The van der Waals surface area contributed by atoms with Crippen molar-refractivity contribution in [3.63, 3.8) is 0 Å². The first-order valence-corrected chi connectivity index (χ1v) is 7.26. The Morgan fingerprint density at radius 3 is 1.60 bits per heavy atom. The molecule has 0 spiro atoms. The van der Waals surface area contributed by atoms with Crippen LogP contribution in [0, 0.1) is 0 Å². The number of halogens is 1. The number of hydrogen-bond donors (Lipinski definition) is 0. The Hall–Kier alpha value is 1.01. The summed E-state index contributed by atoms with van der Waals surface area (Å²) < 4.78 is 11.8. The van der Waals surface area contributed by atoms with Gasteiger partial charge < -0.3 is 4.11 Å². The molecule has 0 heterocycles. The third-order valence-electron chi connectivity index (χ3n) is 0. The SMILES string of the molecule is C[Si](F)(P)P. The van der Waals surface area contributed by atoms with Crippen LogP contribution >= 0.6 is 17.6 Å². The molecule has 0 rings (SSSR count). The van der Waals surface area contributed by atoms with Crippen LogP contribution < -0.4 is 0 Å². The van der Waals surface area contributed by atoms with E-state index >= 15 is 0 Å². The Bertz CT molecular complexity index is 25.1. The second-order valence-corrected chi connectivity index (χ2v) is 12.2. The second kappa shape index (κ2) is 1.64. The summed E-state index contributed by atoms with van der Waals surface area (Å²) in [6.45, 7) is 1.59. The van der Waals surface area contributed by atoms with Crippen molar-refractivity contribution < 1.29 is 4.11 Å². The Morgan fingerprint density at radius 2 is 1.60 bits per heavy atom. The molecule has 0 aromatic heterocycles. The van der Waals surface area contributed by atoms with Gasteiger partial charge in [0.2, 0.25) is 0 Å². The fourth-order valence-corrected chi connectivity index (χ4v) is 0. The van der Waals surface area contributed by atoms with Gasteiger partial charge in [-0.05, 0) is 6.55 Å². The van der Waals surface area contributed by atoms with Crippen molar-refractivity contribution in [1.29, 1.82) is 0 Å². The molecule has 0 fully saturated rings. The smallest absolute Gasteiger partial charge is 0.280 e. The van der Waals surface area contributed by atoms with Gasteiger partial charge in [-0.15, -0.1) is 17.6 Å². The largest absolute Gasteiger partial charge is 0.303 e. The van der Waals surface area contributed by atoms with Crippen molar-refractivity contribution in [2.24, 2.45) is 0 Å². The molecule has 0 saturated carbocycles. The number of hydrogen-bond acceptors (Lipinski definition) is 0. The monoisotopic (exact) mass is 128 g/mol. The van der Waals surface area contributed by atoms with Gasteiger partial charge in [-0.25, -0.2) is 0 Å². The highest BCUT2D eigenvalue weighted by atomic mass is 31.6. The molecular formula is CH7FP2Si. The summed E-state index contributed by atoms with van der Waals surface area (Å²) >= 11 is 0. The minimum Gasteiger partial charge on any atom is -0.303 e. The molecule has 0 aromatic carbocycles. The average molecular weight is 128 g/mol. The fraction of sp³-hybridized carbons (Fsp3) is 1.00. The van der Waals surface area contributed by atoms with Crippen molar-refractivity contribution in [3.05, 3.63) is 0 Å². The Labute approximate surface area is 36.8 Å². The van der Waals surface area contributed by atoms with Crippen LogP contribution in [0.1, 0.15) is 0 Å². The zero-order chi connectivity index (χ0) is 4.50. The lowest BCUT2D eigenvalue weighted by molar-refractivity contribution is 0.860. The van der Waals surface area contributed by atoms with Gasteiger partial charge in [0.05, 0.1) is 0 Å². The van der Waals surface area contributed by atoms with E-state index in [1.165, 1.54) is 0 Å². The third-order valence-corrected chi connectivity index (χ3v) is 0. The highest BCUT2D eigenvalue weighted by Crippen LogP contribution is 2.19. The molecule has 0 aliphatic heterocycles. The van der Waals surface area contributed by atoms with Crippen LogP contribution in [0.2, 0.25) is 6.55 Å². The van der Waals surface area contributed by atoms with Gasteiger partial charge in [0.15, 0.2) is 0 Å². The Balaban J connectivity index is 3.02. The van der Waals surface area contributed by atoms with E-state index in [-0.39, 0.29) is 0 Å². The molecule has 0 N–H and O–H groups in total. The fourth-order valence-electron chi connectivity index (χ4n) is 0. The lowest BCUT2D eigenvalue weighted by atomic mass is 11.9. The molecule has 2 unspecified atom stereocenters. The normalized spacial score (nSPS) is 12.0. The van der Waals surface area contributed by atoms with Gasteiger partial charge in [0, 0.05) is 0 Å². The van der Waals surface area contributed by atoms with E-state index in [0.717, 1.165) is 0 Å². The Morgan fingerprint density at radius 1 is 1.60 bits per heavy atom. The van der Waals surface area contributed by atoms with Crippen LogP contribution in [0.3, 0.4) is 0 Å². The van der Waals surface area contributed by atoms with E-state index in [2.05, 4.69) is 17.6 Å². The van der Waals surface area contributed by atoms with E-state index in [1.807, 2.05) is 0 Å². The molecule has 0 aliphatic carbocycles. The van der Waals surface area contributed by atoms with Gasteiger partial charge in [-0.3, -0.25) is 0 Å². The first kappa shape index (κ1) is 6.01. The summed E-state index contributed by atoms with van der Waals surface area (Å²) in [4.78, 5) is 0. The van der Waals surface area contributed by atoms with Gasteiger partial charge >= 0.3 is 0 Å². The molecule has 5 heavy (non-hydrogen) atoms. The van der Waals surface area contributed by atoms with Crippen LogP contribution in [0.25, 0.3) is 0 Å². The molecule has 0 amide bonds. The maximum atomic E-state index is 11.8. The van der Waals surface area contributed by atoms with Crippen molar-refractivity contribution >= 4 is 25.3 Å². The molecule has 2 atom stereocenters. The predicted molar refractivity (Wildman–Crippen MR) is 32.1 cm³/mol. The highest BCUT2D eigenvalue weighted by Gasteiger charge is 2.08. The third kappa shape index (κ3) is 44.7. The maximum absolute atomic E-state index is 11.8. The lowest BCUT2D eigenvalue weighted by Gasteiger charge is -1.94. The topological polar surface area (TPSA) is 0 Å². The van der Waals surface area contributed by atoms with E-state index in [9.17, 15) is 4.11 Å². The summed E-state index contributed by atoms with van der Waals surface area (Å²) in [5.41, 5.74) is 0. The molecular weight excluding hydrogens is 121 g/mol. The van der Waals surface area contributed by atoms with Gasteiger partial charge in [-0.2, -0.15) is 0 Å². The zero-order valence-electron chi connectivity index (χ0n) is 3.03. The van der Waals surface area contributed by atoms with Crippen molar-refractivity contribution in [2.45, 2.75) is 6.55 Å². The second-order valence-electron chi connectivity index (χ2n) is 1.15. The average Bonchev–Trinajstić information content (AvgIpc) is 0.722. The van der Waals surface area contributed by atoms with Gasteiger partial charge in [0.25, 0.3) is 7.74 Å². The van der Waals surface area contributed by atoms with Gasteiger partial charge in [0.1, 0.15) is 0 Å². The van der Waals surface area contributed by atoms with Crippen LogP contribution in [0.15, 0.2) is 0 Å². The van der Waals surface area contributed by atoms with E-state index in [4.69, 9.17) is 0 Å². The van der Waals surface area contributed by atoms with Crippen LogP contribution in [-0.2, 0) is 0 Å². The zero-order valence-corrected chi connectivity index (χ0v) is 6.34. The minimum absolute atomic E-state index is 1.59. The molecule has 0 bridgehead atoms. The highest BCUT2D eigenvalue weighted by molar-refractivity contribution is 7.98. The van der Waals surface area contributed by atoms with Crippen LogP contribution in [0.5, 0.6) is 0 Å². The quantitative estimate of drug-likeness (QED) is 0.262. The van der Waals surface area contributed by atoms with Crippen molar-refractivity contribution in [3.8, 4) is 0 Å².